The third-order valence-electron chi connectivity index (χ3n) is 4.08. The first kappa shape index (κ1) is 13.7. The summed E-state index contributed by atoms with van der Waals surface area (Å²) < 4.78 is 7.39. The van der Waals surface area contributed by atoms with Crippen LogP contribution in [0.25, 0.3) is 16.8 Å². The van der Waals surface area contributed by atoms with E-state index in [9.17, 15) is 0 Å². The van der Waals surface area contributed by atoms with E-state index in [-0.39, 0.29) is 0 Å². The molecule has 0 aromatic carbocycles. The summed E-state index contributed by atoms with van der Waals surface area (Å²) in [5.41, 5.74) is 9.67. The molecule has 0 saturated carbocycles. The molecule has 114 valence electrons. The van der Waals surface area contributed by atoms with E-state index in [1.54, 1.807) is 23.2 Å². The van der Waals surface area contributed by atoms with Crippen LogP contribution in [0.4, 0.5) is 5.82 Å². The number of hydrogen-bond donors (Lipinski definition) is 2. The molecule has 1 aliphatic heterocycles. The minimum Gasteiger partial charge on any atom is -0.383 e. The van der Waals surface area contributed by atoms with Gasteiger partial charge in [0.1, 0.15) is 12.1 Å². The van der Waals surface area contributed by atoms with Gasteiger partial charge in [0.2, 0.25) is 0 Å². The van der Waals surface area contributed by atoms with Crippen molar-refractivity contribution in [1.82, 2.24) is 25.1 Å². The van der Waals surface area contributed by atoms with E-state index in [0.29, 0.717) is 11.7 Å². The second kappa shape index (κ2) is 5.36. The third-order valence-corrected chi connectivity index (χ3v) is 4.89. The number of hydrogen-bond acceptors (Lipinski definition) is 6. The first-order valence-corrected chi connectivity index (χ1v) is 7.98. The Bertz CT molecular complexity index is 806. The van der Waals surface area contributed by atoms with E-state index in [0.717, 1.165) is 52.9 Å². The highest BCUT2D eigenvalue weighted by molar-refractivity contribution is 9.10. The predicted octanol–water partition coefficient (Wildman–Crippen LogP) is 2.20. The molecule has 3 N–H and O–H groups in total. The summed E-state index contributed by atoms with van der Waals surface area (Å²) in [6.07, 6.45) is 7.21. The largest absolute Gasteiger partial charge is 0.383 e. The van der Waals surface area contributed by atoms with Crippen molar-refractivity contribution < 1.29 is 4.52 Å². The van der Waals surface area contributed by atoms with Crippen LogP contribution in [0.3, 0.4) is 0 Å². The minimum absolute atomic E-state index is 0.348. The highest BCUT2D eigenvalue weighted by Gasteiger charge is 2.23. The van der Waals surface area contributed by atoms with Crippen LogP contribution in [0.15, 0.2) is 27.7 Å². The maximum atomic E-state index is 6.25. The molecule has 1 saturated heterocycles. The number of halogens is 1. The topological polar surface area (TPSA) is 94.3 Å². The fourth-order valence-corrected chi connectivity index (χ4v) is 3.49. The number of anilines is 1. The lowest BCUT2D eigenvalue weighted by Gasteiger charge is -2.23. The van der Waals surface area contributed by atoms with E-state index in [1.165, 1.54) is 0 Å². The second-order valence-corrected chi connectivity index (χ2v) is 6.24. The zero-order valence-electron chi connectivity index (χ0n) is 11.8. The number of nitrogen functional groups attached to an aromatic ring is 1. The molecule has 0 aliphatic carbocycles. The van der Waals surface area contributed by atoms with Gasteiger partial charge >= 0.3 is 0 Å². The van der Waals surface area contributed by atoms with Gasteiger partial charge in [0, 0.05) is 18.0 Å². The number of nitrogens with two attached hydrogens (primary N) is 1. The van der Waals surface area contributed by atoms with Gasteiger partial charge in [-0.3, -0.25) is 0 Å². The van der Waals surface area contributed by atoms with Crippen molar-refractivity contribution in [2.75, 3.05) is 18.8 Å². The molecule has 0 spiro atoms. The van der Waals surface area contributed by atoms with Crippen LogP contribution in [0.5, 0.6) is 0 Å². The Morgan fingerprint density at radius 1 is 1.41 bits per heavy atom. The standard InChI is InChI=1S/C14H15BrN6O/c15-11-12(8-2-1-3-17-4-8)20-14-10(9-5-19-22-7-9)6-18-21(14)13(11)16/h5-8,17H,1-4,16H2. The molecule has 0 bridgehead atoms. The summed E-state index contributed by atoms with van der Waals surface area (Å²) in [5.74, 6) is 0.911. The number of nitrogens with zero attached hydrogens (tertiary/aromatic N) is 4. The van der Waals surface area contributed by atoms with Crippen molar-refractivity contribution in [3.8, 4) is 11.1 Å². The zero-order valence-corrected chi connectivity index (χ0v) is 13.4. The number of fused-ring (bicyclic) bond motifs is 1. The van der Waals surface area contributed by atoms with Gasteiger partial charge in [-0.1, -0.05) is 5.16 Å². The molecule has 0 radical (unpaired) electrons. The lowest BCUT2D eigenvalue weighted by atomic mass is 9.96. The number of nitrogens with one attached hydrogen (secondary N) is 1. The molecule has 22 heavy (non-hydrogen) atoms. The van der Waals surface area contributed by atoms with Crippen LogP contribution < -0.4 is 11.1 Å². The normalized spacial score (nSPS) is 18.9. The molecule has 3 aromatic heterocycles. The molecule has 7 nitrogen and oxygen atoms in total. The lowest BCUT2D eigenvalue weighted by molar-refractivity contribution is 0.420. The number of rotatable bonds is 2. The van der Waals surface area contributed by atoms with E-state index >= 15 is 0 Å². The fourth-order valence-electron chi connectivity index (χ4n) is 2.91. The van der Waals surface area contributed by atoms with Crippen LogP contribution >= 0.6 is 15.9 Å². The van der Waals surface area contributed by atoms with Crippen LogP contribution in [0, 0.1) is 0 Å². The highest BCUT2D eigenvalue weighted by Crippen LogP contribution is 2.34. The Kier molecular flexibility index (Phi) is 3.34. The first-order valence-electron chi connectivity index (χ1n) is 7.19. The molecule has 0 amide bonds. The summed E-state index contributed by atoms with van der Waals surface area (Å²) in [6, 6.07) is 0. The Morgan fingerprint density at radius 3 is 3.05 bits per heavy atom. The average molecular weight is 363 g/mol. The molecular weight excluding hydrogens is 348 g/mol. The first-order chi connectivity index (χ1) is 10.8. The van der Waals surface area contributed by atoms with Crippen molar-refractivity contribution in [3.63, 3.8) is 0 Å². The highest BCUT2D eigenvalue weighted by atomic mass is 79.9. The monoisotopic (exact) mass is 362 g/mol. The Balaban J connectivity index is 1.90. The molecule has 4 rings (SSSR count). The van der Waals surface area contributed by atoms with E-state index in [4.69, 9.17) is 15.2 Å². The van der Waals surface area contributed by atoms with E-state index in [2.05, 4.69) is 31.5 Å². The second-order valence-electron chi connectivity index (χ2n) is 5.45. The van der Waals surface area contributed by atoms with Crippen LogP contribution in [-0.2, 0) is 0 Å². The van der Waals surface area contributed by atoms with Gasteiger partial charge in [-0.2, -0.15) is 9.61 Å². The number of aromatic nitrogens is 4. The van der Waals surface area contributed by atoms with Crippen LogP contribution in [-0.4, -0.2) is 32.8 Å². The number of piperidine rings is 1. The summed E-state index contributed by atoms with van der Waals surface area (Å²) in [6.45, 7) is 1.97. The van der Waals surface area contributed by atoms with E-state index in [1.807, 2.05) is 0 Å². The van der Waals surface area contributed by atoms with Gasteiger partial charge in [-0.25, -0.2) is 4.98 Å². The van der Waals surface area contributed by atoms with Crippen molar-refractivity contribution in [2.45, 2.75) is 18.8 Å². The molecule has 4 heterocycles. The SMILES string of the molecule is Nc1c(Br)c(C2CCCNC2)nc2c(-c3cnoc3)cnn12. The molecule has 8 heteroatoms. The van der Waals surface area contributed by atoms with Crippen molar-refractivity contribution in [2.24, 2.45) is 0 Å². The molecule has 1 atom stereocenters. The third kappa shape index (κ3) is 2.10. The summed E-state index contributed by atoms with van der Waals surface area (Å²) in [5, 5.41) is 11.5. The van der Waals surface area contributed by atoms with Gasteiger partial charge in [0.05, 0.1) is 28.1 Å². The van der Waals surface area contributed by atoms with E-state index < -0.39 is 0 Å². The Hall–Kier alpha value is -1.93. The lowest BCUT2D eigenvalue weighted by Crippen LogP contribution is -2.29. The van der Waals surface area contributed by atoms with Crippen LogP contribution in [0.2, 0.25) is 0 Å². The van der Waals surface area contributed by atoms with Crippen molar-refractivity contribution >= 4 is 27.4 Å². The zero-order chi connectivity index (χ0) is 15.1. The molecule has 3 aromatic rings. The van der Waals surface area contributed by atoms with Gasteiger partial charge in [-0.15, -0.1) is 0 Å². The maximum absolute atomic E-state index is 6.25. The maximum Gasteiger partial charge on any atom is 0.165 e. The summed E-state index contributed by atoms with van der Waals surface area (Å²) in [7, 11) is 0. The smallest absolute Gasteiger partial charge is 0.165 e. The Labute approximate surface area is 135 Å². The average Bonchev–Trinajstić information content (AvgIpc) is 3.20. The minimum atomic E-state index is 0.348. The Morgan fingerprint density at radius 2 is 2.32 bits per heavy atom. The van der Waals surface area contributed by atoms with Gasteiger partial charge < -0.3 is 15.6 Å². The quantitative estimate of drug-likeness (QED) is 0.725. The summed E-state index contributed by atoms with van der Waals surface area (Å²) in [4.78, 5) is 4.84. The van der Waals surface area contributed by atoms with Gasteiger partial charge in [0.25, 0.3) is 0 Å². The predicted molar refractivity (Wildman–Crippen MR) is 85.4 cm³/mol. The summed E-state index contributed by atoms with van der Waals surface area (Å²) >= 11 is 3.59. The van der Waals surface area contributed by atoms with Gasteiger partial charge in [0.15, 0.2) is 5.65 Å². The van der Waals surface area contributed by atoms with Crippen LogP contribution in [0.1, 0.15) is 24.5 Å². The van der Waals surface area contributed by atoms with Crippen molar-refractivity contribution in [1.29, 1.82) is 0 Å². The molecule has 1 unspecified atom stereocenters. The molecular formula is C14H15BrN6O. The van der Waals surface area contributed by atoms with Crippen molar-refractivity contribution in [3.05, 3.63) is 28.8 Å². The molecule has 1 aliphatic rings. The molecule has 1 fully saturated rings. The van der Waals surface area contributed by atoms with Gasteiger partial charge in [-0.05, 0) is 35.3 Å². The fraction of sp³-hybridized carbons (Fsp3) is 0.357.